The Hall–Kier alpha value is -2.67. The number of ether oxygens (including phenoxy) is 3. The van der Waals surface area contributed by atoms with Crippen molar-refractivity contribution in [1.82, 2.24) is 0 Å². The first kappa shape index (κ1) is 31.7. The van der Waals surface area contributed by atoms with E-state index in [0.717, 1.165) is 40.7 Å². The van der Waals surface area contributed by atoms with Crippen molar-refractivity contribution >= 4 is 27.5 Å². The lowest BCUT2D eigenvalue weighted by atomic mass is 9.83. The van der Waals surface area contributed by atoms with E-state index in [1.54, 1.807) is 0 Å². The molecule has 4 aromatic carbocycles. The van der Waals surface area contributed by atoms with E-state index in [1.165, 1.54) is 5.56 Å². The molecule has 1 heterocycles. The average molecular weight is 664 g/mol. The van der Waals surface area contributed by atoms with E-state index >= 15 is 0 Å². The maximum absolute atomic E-state index is 11.2. The quantitative estimate of drug-likeness (QED) is 0.174. The number of rotatable bonds is 11. The predicted molar refractivity (Wildman–Crippen MR) is 177 cm³/mol. The van der Waals surface area contributed by atoms with Crippen LogP contribution in [0.1, 0.15) is 66.7 Å². The van der Waals surface area contributed by atoms with Gasteiger partial charge in [0, 0.05) is 11.5 Å². The Morgan fingerprint density at radius 2 is 1.35 bits per heavy atom. The Morgan fingerprint density at radius 3 is 1.91 bits per heavy atom. The van der Waals surface area contributed by atoms with Crippen molar-refractivity contribution in [2.75, 3.05) is 0 Å². The molecular formula is C37H40BrClO4. The first-order chi connectivity index (χ1) is 20.9. The van der Waals surface area contributed by atoms with Gasteiger partial charge in [0.15, 0.2) is 0 Å². The summed E-state index contributed by atoms with van der Waals surface area (Å²) in [4.78, 5) is 0. The Labute approximate surface area is 269 Å². The van der Waals surface area contributed by atoms with Gasteiger partial charge in [0.1, 0.15) is 18.0 Å². The molecule has 0 saturated carbocycles. The molecule has 1 aliphatic rings. The van der Waals surface area contributed by atoms with Gasteiger partial charge in [-0.1, -0.05) is 117 Å². The van der Waals surface area contributed by atoms with Crippen LogP contribution in [0.15, 0.2) is 95.5 Å². The SMILES string of the molecule is CCc1ccc(Cc2cc(C3O[C@H](CC)[C@@H](C)[C@H](OCc4ccccc4)[C@H]3OCc3ccccc3)c(Br)c(O)c2Cl)cc1. The Morgan fingerprint density at radius 1 is 0.791 bits per heavy atom. The maximum Gasteiger partial charge on any atom is 0.149 e. The standard InChI is InChI=1S/C37H40BrClO4/c1-4-25-16-18-26(19-17-25)20-29-21-30(32(38)34(40)33(29)39)36-37(42-23-28-14-10-7-11-15-28)35(24(3)31(5-2)43-36)41-22-27-12-8-6-9-13-27/h6-19,21,24,31,35-37,40H,4-5,20,22-23H2,1-3H3/t24-,31-,35+,36?,37-/m1/s1. The van der Waals surface area contributed by atoms with Crippen LogP contribution < -0.4 is 0 Å². The van der Waals surface area contributed by atoms with E-state index in [4.69, 9.17) is 25.8 Å². The fraction of sp³-hybridized carbons (Fsp3) is 0.351. The Kier molecular flexibility index (Phi) is 11.0. The molecule has 1 fully saturated rings. The summed E-state index contributed by atoms with van der Waals surface area (Å²) in [5.74, 6) is 0.0973. The second kappa shape index (κ2) is 14.9. The van der Waals surface area contributed by atoms with E-state index in [0.29, 0.717) is 29.1 Å². The lowest BCUT2D eigenvalue weighted by molar-refractivity contribution is -0.235. The highest BCUT2D eigenvalue weighted by atomic mass is 79.9. The number of phenols is 1. The fourth-order valence-corrected chi connectivity index (χ4v) is 6.77. The van der Waals surface area contributed by atoms with Crippen LogP contribution in [0.3, 0.4) is 0 Å². The summed E-state index contributed by atoms with van der Waals surface area (Å²) in [5, 5.41) is 11.6. The van der Waals surface area contributed by atoms with Gasteiger partial charge in [-0.15, -0.1) is 0 Å². The van der Waals surface area contributed by atoms with Crippen LogP contribution in [0.25, 0.3) is 0 Å². The molecule has 0 radical (unpaired) electrons. The largest absolute Gasteiger partial charge is 0.505 e. The molecule has 5 atom stereocenters. The molecule has 0 amide bonds. The van der Waals surface area contributed by atoms with Crippen molar-refractivity contribution < 1.29 is 19.3 Å². The highest BCUT2D eigenvalue weighted by molar-refractivity contribution is 9.10. The van der Waals surface area contributed by atoms with Gasteiger partial charge in [-0.2, -0.15) is 0 Å². The van der Waals surface area contributed by atoms with Crippen molar-refractivity contribution in [3.05, 3.63) is 134 Å². The third kappa shape index (κ3) is 7.53. The number of halogens is 2. The van der Waals surface area contributed by atoms with Gasteiger partial charge in [-0.3, -0.25) is 0 Å². The minimum atomic E-state index is -0.496. The third-order valence-electron chi connectivity index (χ3n) is 8.43. The molecule has 1 N–H and O–H groups in total. The van der Waals surface area contributed by atoms with Gasteiger partial charge in [0.2, 0.25) is 0 Å². The number of aryl methyl sites for hydroxylation is 1. The molecule has 226 valence electrons. The zero-order valence-corrected chi connectivity index (χ0v) is 27.4. The molecule has 1 saturated heterocycles. The summed E-state index contributed by atoms with van der Waals surface area (Å²) >= 11 is 10.4. The van der Waals surface area contributed by atoms with Gasteiger partial charge in [-0.25, -0.2) is 0 Å². The van der Waals surface area contributed by atoms with E-state index < -0.39 is 12.2 Å². The molecule has 5 rings (SSSR count). The molecule has 4 aromatic rings. The molecule has 0 spiro atoms. The summed E-state index contributed by atoms with van der Waals surface area (Å²) in [6, 6.07) is 30.9. The fourth-order valence-electron chi connectivity index (χ4n) is 5.90. The predicted octanol–water partition coefficient (Wildman–Crippen LogP) is 9.62. The first-order valence-corrected chi connectivity index (χ1v) is 16.3. The van der Waals surface area contributed by atoms with E-state index in [9.17, 15) is 5.11 Å². The second-order valence-corrected chi connectivity index (χ2v) is 12.5. The first-order valence-electron chi connectivity index (χ1n) is 15.1. The number of hydrogen-bond acceptors (Lipinski definition) is 4. The normalized spacial score (nSPS) is 22.0. The minimum Gasteiger partial charge on any atom is -0.505 e. The zero-order chi connectivity index (χ0) is 30.3. The van der Waals surface area contributed by atoms with Gasteiger partial charge in [-0.05, 0) is 69.1 Å². The monoisotopic (exact) mass is 662 g/mol. The molecule has 1 aliphatic heterocycles. The van der Waals surface area contributed by atoms with E-state index in [-0.39, 0.29) is 23.9 Å². The van der Waals surface area contributed by atoms with Gasteiger partial charge < -0.3 is 19.3 Å². The molecule has 6 heteroatoms. The van der Waals surface area contributed by atoms with Crippen molar-refractivity contribution in [3.8, 4) is 5.75 Å². The summed E-state index contributed by atoms with van der Waals surface area (Å²) in [7, 11) is 0. The molecular weight excluding hydrogens is 624 g/mol. The lowest BCUT2D eigenvalue weighted by Crippen LogP contribution is -2.51. The van der Waals surface area contributed by atoms with Crippen molar-refractivity contribution in [1.29, 1.82) is 0 Å². The zero-order valence-electron chi connectivity index (χ0n) is 25.0. The molecule has 4 nitrogen and oxygen atoms in total. The van der Waals surface area contributed by atoms with Crippen LogP contribution in [0, 0.1) is 5.92 Å². The van der Waals surface area contributed by atoms with Crippen molar-refractivity contribution in [2.24, 2.45) is 5.92 Å². The van der Waals surface area contributed by atoms with Gasteiger partial charge >= 0.3 is 0 Å². The number of hydrogen-bond donors (Lipinski definition) is 1. The number of aromatic hydroxyl groups is 1. The smallest absolute Gasteiger partial charge is 0.149 e. The molecule has 0 bridgehead atoms. The van der Waals surface area contributed by atoms with Crippen LogP contribution in [-0.2, 0) is 40.3 Å². The number of benzene rings is 4. The van der Waals surface area contributed by atoms with Crippen LogP contribution in [-0.4, -0.2) is 23.4 Å². The van der Waals surface area contributed by atoms with Crippen LogP contribution in [0.4, 0.5) is 0 Å². The highest BCUT2D eigenvalue weighted by Crippen LogP contribution is 2.47. The summed E-state index contributed by atoms with van der Waals surface area (Å²) in [6.07, 6.45) is 1.15. The number of phenolic OH excluding ortho intramolecular Hbond substituents is 1. The second-order valence-electron chi connectivity index (χ2n) is 11.3. The average Bonchev–Trinajstić information content (AvgIpc) is 3.05. The minimum absolute atomic E-state index is 0.0122. The van der Waals surface area contributed by atoms with Crippen LogP contribution in [0.5, 0.6) is 5.75 Å². The maximum atomic E-state index is 11.2. The summed E-state index contributed by atoms with van der Waals surface area (Å²) < 4.78 is 20.8. The Balaban J connectivity index is 1.52. The van der Waals surface area contributed by atoms with Gasteiger partial charge in [0.25, 0.3) is 0 Å². The third-order valence-corrected chi connectivity index (χ3v) is 9.69. The molecule has 43 heavy (non-hydrogen) atoms. The molecule has 1 unspecified atom stereocenters. The van der Waals surface area contributed by atoms with Crippen LogP contribution in [0.2, 0.25) is 5.02 Å². The van der Waals surface area contributed by atoms with E-state index in [2.05, 4.69) is 91.3 Å². The van der Waals surface area contributed by atoms with Gasteiger partial charge in [0.05, 0.1) is 34.9 Å². The van der Waals surface area contributed by atoms with Crippen molar-refractivity contribution in [2.45, 2.75) is 77.7 Å². The van der Waals surface area contributed by atoms with E-state index in [1.807, 2.05) is 36.4 Å². The molecule has 0 aliphatic carbocycles. The van der Waals surface area contributed by atoms with Crippen LogP contribution >= 0.6 is 27.5 Å². The Bertz CT molecular complexity index is 1460. The summed E-state index contributed by atoms with van der Waals surface area (Å²) in [5.41, 5.74) is 6.22. The summed E-state index contributed by atoms with van der Waals surface area (Å²) in [6.45, 7) is 7.34. The molecule has 0 aromatic heterocycles. The van der Waals surface area contributed by atoms with Crippen molar-refractivity contribution in [3.63, 3.8) is 0 Å². The lowest BCUT2D eigenvalue weighted by Gasteiger charge is -2.46. The highest BCUT2D eigenvalue weighted by Gasteiger charge is 2.46. The topological polar surface area (TPSA) is 47.9 Å².